The number of halogens is 1. The van der Waals surface area contributed by atoms with Gasteiger partial charge in [-0.05, 0) is 90.3 Å². The van der Waals surface area contributed by atoms with Gasteiger partial charge >= 0.3 is 0 Å². The van der Waals surface area contributed by atoms with E-state index in [4.69, 9.17) is 4.98 Å². The van der Waals surface area contributed by atoms with Crippen molar-refractivity contribution in [2.75, 3.05) is 0 Å². The van der Waals surface area contributed by atoms with Crippen molar-refractivity contribution >= 4 is 32.7 Å². The van der Waals surface area contributed by atoms with Gasteiger partial charge in [0.15, 0.2) is 0 Å². The first-order valence-electron chi connectivity index (χ1n) is 11.6. The molecule has 5 aromatic rings. The standard InChI is InChI=1S/C28H26FN3/c1-17(28-31-26-14-20-4-2-3-5-21(20)15-27(26)32-28)18-6-8-19(9-7-18)23-12-13-30-25-11-10-22(29)16-24(23)25/h2-5,10-19H,6-9H2,1H3,(H,31,32). The zero-order chi connectivity index (χ0) is 21.7. The lowest BCUT2D eigenvalue weighted by molar-refractivity contribution is 0.286. The smallest absolute Gasteiger partial charge is 0.123 e. The average molecular weight is 424 g/mol. The molecule has 1 aliphatic carbocycles. The van der Waals surface area contributed by atoms with Crippen LogP contribution in [0, 0.1) is 11.7 Å². The van der Waals surface area contributed by atoms with Crippen LogP contribution in [0.5, 0.6) is 0 Å². The fraction of sp³-hybridized carbons (Fsp3) is 0.286. The molecule has 0 amide bonds. The number of H-pyrrole nitrogens is 1. The average Bonchev–Trinajstić information content (AvgIpc) is 3.24. The number of pyridine rings is 1. The predicted molar refractivity (Wildman–Crippen MR) is 128 cm³/mol. The lowest BCUT2D eigenvalue weighted by Crippen LogP contribution is -2.19. The molecule has 1 fully saturated rings. The highest BCUT2D eigenvalue weighted by Crippen LogP contribution is 2.43. The Labute approximate surface area is 186 Å². The lowest BCUT2D eigenvalue weighted by atomic mass is 9.73. The number of hydrogen-bond acceptors (Lipinski definition) is 2. The minimum absolute atomic E-state index is 0.188. The summed E-state index contributed by atoms with van der Waals surface area (Å²) in [5.41, 5.74) is 4.29. The predicted octanol–water partition coefficient (Wildman–Crippen LogP) is 7.48. The minimum atomic E-state index is -0.188. The van der Waals surface area contributed by atoms with E-state index >= 15 is 0 Å². The van der Waals surface area contributed by atoms with E-state index < -0.39 is 0 Å². The van der Waals surface area contributed by atoms with Crippen molar-refractivity contribution in [1.29, 1.82) is 0 Å². The van der Waals surface area contributed by atoms with Crippen LogP contribution in [-0.2, 0) is 0 Å². The third kappa shape index (κ3) is 3.35. The number of nitrogens with zero attached hydrogens (tertiary/aromatic N) is 2. The molecule has 2 aromatic heterocycles. The van der Waals surface area contributed by atoms with Crippen molar-refractivity contribution in [3.8, 4) is 0 Å². The zero-order valence-corrected chi connectivity index (χ0v) is 18.2. The Morgan fingerprint density at radius 2 is 1.69 bits per heavy atom. The highest BCUT2D eigenvalue weighted by atomic mass is 19.1. The molecule has 32 heavy (non-hydrogen) atoms. The van der Waals surface area contributed by atoms with Gasteiger partial charge in [0.05, 0.1) is 16.6 Å². The van der Waals surface area contributed by atoms with Gasteiger partial charge in [-0.15, -0.1) is 0 Å². The molecule has 1 saturated carbocycles. The molecule has 160 valence electrons. The second-order valence-electron chi connectivity index (χ2n) is 9.30. The van der Waals surface area contributed by atoms with Gasteiger partial charge in [0.1, 0.15) is 11.6 Å². The summed E-state index contributed by atoms with van der Waals surface area (Å²) < 4.78 is 13.9. The Morgan fingerprint density at radius 1 is 0.906 bits per heavy atom. The lowest BCUT2D eigenvalue weighted by Gasteiger charge is -2.32. The fourth-order valence-corrected chi connectivity index (χ4v) is 5.58. The van der Waals surface area contributed by atoms with Crippen LogP contribution in [0.4, 0.5) is 4.39 Å². The topological polar surface area (TPSA) is 41.6 Å². The molecule has 3 nitrogen and oxygen atoms in total. The molecule has 0 saturated heterocycles. The Hall–Kier alpha value is -3.27. The Morgan fingerprint density at radius 3 is 2.50 bits per heavy atom. The first-order valence-corrected chi connectivity index (χ1v) is 11.6. The number of rotatable bonds is 3. The Bertz CT molecular complexity index is 1380. The van der Waals surface area contributed by atoms with Gasteiger partial charge in [-0.3, -0.25) is 4.98 Å². The number of hydrogen-bond donors (Lipinski definition) is 1. The van der Waals surface area contributed by atoms with Crippen LogP contribution in [0.25, 0.3) is 32.7 Å². The number of aromatic amines is 1. The molecule has 0 spiro atoms. The second-order valence-corrected chi connectivity index (χ2v) is 9.30. The largest absolute Gasteiger partial charge is 0.342 e. The van der Waals surface area contributed by atoms with Crippen molar-refractivity contribution in [3.63, 3.8) is 0 Å². The molecule has 1 aliphatic rings. The van der Waals surface area contributed by atoms with Crippen molar-refractivity contribution < 1.29 is 4.39 Å². The van der Waals surface area contributed by atoms with Crippen LogP contribution in [0.1, 0.15) is 55.8 Å². The third-order valence-electron chi connectivity index (χ3n) is 7.46. The van der Waals surface area contributed by atoms with Gasteiger partial charge in [0.2, 0.25) is 0 Å². The number of nitrogens with one attached hydrogen (secondary N) is 1. The maximum absolute atomic E-state index is 13.9. The number of benzene rings is 3. The molecule has 4 heteroatoms. The monoisotopic (exact) mass is 423 g/mol. The summed E-state index contributed by atoms with van der Waals surface area (Å²) in [6.45, 7) is 2.31. The second kappa shape index (κ2) is 7.70. The van der Waals surface area contributed by atoms with E-state index in [1.165, 1.54) is 22.4 Å². The van der Waals surface area contributed by atoms with Crippen molar-refractivity contribution in [2.45, 2.75) is 44.4 Å². The van der Waals surface area contributed by atoms with Crippen LogP contribution in [0.2, 0.25) is 0 Å². The highest BCUT2D eigenvalue weighted by Gasteiger charge is 2.29. The molecule has 1 unspecified atom stereocenters. The molecule has 2 heterocycles. The molecule has 1 atom stereocenters. The first-order chi connectivity index (χ1) is 15.7. The Kier molecular flexibility index (Phi) is 4.67. The van der Waals surface area contributed by atoms with E-state index in [9.17, 15) is 4.39 Å². The highest BCUT2D eigenvalue weighted by molar-refractivity contribution is 5.95. The Balaban J connectivity index is 1.22. The van der Waals surface area contributed by atoms with Gasteiger partial charge in [-0.2, -0.15) is 0 Å². The summed E-state index contributed by atoms with van der Waals surface area (Å²) in [5.74, 6) is 2.36. The number of imidazole rings is 1. The molecule has 0 radical (unpaired) electrons. The SMILES string of the molecule is CC(c1nc2cc3ccccc3cc2[nH]1)C1CCC(c2ccnc3ccc(F)cc23)CC1. The molecule has 3 aromatic carbocycles. The van der Waals surface area contributed by atoms with Crippen LogP contribution >= 0.6 is 0 Å². The van der Waals surface area contributed by atoms with Crippen LogP contribution in [-0.4, -0.2) is 15.0 Å². The fourth-order valence-electron chi connectivity index (χ4n) is 5.58. The van der Waals surface area contributed by atoms with E-state index in [0.717, 1.165) is 53.4 Å². The molecule has 6 rings (SSSR count). The molecule has 0 bridgehead atoms. The first kappa shape index (κ1) is 19.4. The summed E-state index contributed by atoms with van der Waals surface area (Å²) >= 11 is 0. The van der Waals surface area contributed by atoms with Crippen molar-refractivity contribution in [3.05, 3.63) is 84.1 Å². The molecular weight excluding hydrogens is 397 g/mol. The molecule has 0 aliphatic heterocycles. The maximum atomic E-state index is 13.9. The van der Waals surface area contributed by atoms with Gasteiger partial charge in [-0.1, -0.05) is 31.2 Å². The summed E-state index contributed by atoms with van der Waals surface area (Å²) in [6.07, 6.45) is 6.42. The quantitative estimate of drug-likeness (QED) is 0.327. The summed E-state index contributed by atoms with van der Waals surface area (Å²) in [4.78, 5) is 13.0. The number of aromatic nitrogens is 3. The van der Waals surface area contributed by atoms with E-state index in [2.05, 4.69) is 59.4 Å². The third-order valence-corrected chi connectivity index (χ3v) is 7.46. The van der Waals surface area contributed by atoms with Gasteiger partial charge in [0.25, 0.3) is 0 Å². The molecular formula is C28H26FN3. The summed E-state index contributed by atoms with van der Waals surface area (Å²) in [7, 11) is 0. The van der Waals surface area contributed by atoms with E-state index in [1.54, 1.807) is 12.1 Å². The summed E-state index contributed by atoms with van der Waals surface area (Å²) in [5, 5.41) is 3.44. The van der Waals surface area contributed by atoms with E-state index in [0.29, 0.717) is 17.8 Å². The number of fused-ring (bicyclic) bond motifs is 3. The van der Waals surface area contributed by atoms with Gasteiger partial charge in [-0.25, -0.2) is 9.37 Å². The van der Waals surface area contributed by atoms with Crippen LogP contribution in [0.3, 0.4) is 0 Å². The van der Waals surface area contributed by atoms with Crippen molar-refractivity contribution in [1.82, 2.24) is 15.0 Å². The minimum Gasteiger partial charge on any atom is -0.342 e. The van der Waals surface area contributed by atoms with Gasteiger partial charge in [0, 0.05) is 17.5 Å². The maximum Gasteiger partial charge on any atom is 0.123 e. The van der Waals surface area contributed by atoms with E-state index in [1.807, 2.05) is 6.20 Å². The van der Waals surface area contributed by atoms with Crippen LogP contribution in [0.15, 0.2) is 66.9 Å². The zero-order valence-electron chi connectivity index (χ0n) is 18.2. The normalized spacial score (nSPS) is 20.2. The van der Waals surface area contributed by atoms with Crippen molar-refractivity contribution in [2.24, 2.45) is 5.92 Å². The van der Waals surface area contributed by atoms with E-state index in [-0.39, 0.29) is 5.82 Å². The summed E-state index contributed by atoms with van der Waals surface area (Å²) in [6, 6.07) is 19.8. The van der Waals surface area contributed by atoms with Gasteiger partial charge < -0.3 is 4.98 Å². The van der Waals surface area contributed by atoms with Crippen LogP contribution < -0.4 is 0 Å². The molecule has 1 N–H and O–H groups in total.